The topological polar surface area (TPSA) is 58.6 Å². The van der Waals surface area contributed by atoms with Crippen molar-refractivity contribution in [3.05, 3.63) is 0 Å². The lowest BCUT2D eigenvalue weighted by Crippen LogP contribution is -2.49. The summed E-state index contributed by atoms with van der Waals surface area (Å²) in [5.41, 5.74) is 0. The first-order valence-corrected chi connectivity index (χ1v) is 6.74. The molecule has 1 heterocycles. The van der Waals surface area contributed by atoms with Crippen LogP contribution in [0.3, 0.4) is 0 Å². The van der Waals surface area contributed by atoms with Gasteiger partial charge in [0.25, 0.3) is 0 Å². The summed E-state index contributed by atoms with van der Waals surface area (Å²) in [6.45, 7) is 3.43. The van der Waals surface area contributed by atoms with Gasteiger partial charge in [-0.3, -0.25) is 9.59 Å². The standard InChI is InChI=1S/C13H22N2O3/c1-9(13(17)18-2)14-11-5-7-15(8-6-11)12(16)10-3-4-10/h9-11,14H,3-8H2,1-2H3. The average Bonchev–Trinajstić information content (AvgIpc) is 3.22. The monoisotopic (exact) mass is 254 g/mol. The van der Waals surface area contributed by atoms with E-state index in [0.29, 0.717) is 17.9 Å². The van der Waals surface area contributed by atoms with E-state index in [1.165, 1.54) is 7.11 Å². The van der Waals surface area contributed by atoms with Crippen molar-refractivity contribution in [1.29, 1.82) is 0 Å². The number of nitrogens with zero attached hydrogens (tertiary/aromatic N) is 1. The number of hydrogen-bond donors (Lipinski definition) is 1. The third kappa shape index (κ3) is 3.22. The van der Waals surface area contributed by atoms with Crippen LogP contribution in [0.4, 0.5) is 0 Å². The summed E-state index contributed by atoms with van der Waals surface area (Å²) in [4.78, 5) is 25.2. The molecule has 1 atom stereocenters. The second-order valence-electron chi connectivity index (χ2n) is 5.29. The van der Waals surface area contributed by atoms with Crippen molar-refractivity contribution in [1.82, 2.24) is 10.2 Å². The Morgan fingerprint density at radius 1 is 1.22 bits per heavy atom. The van der Waals surface area contributed by atoms with Gasteiger partial charge in [-0.05, 0) is 32.6 Å². The Kier molecular flexibility index (Phi) is 4.22. The molecule has 5 heteroatoms. The molecule has 0 aromatic rings. The third-order valence-electron chi connectivity index (χ3n) is 3.77. The Labute approximate surface area is 108 Å². The van der Waals surface area contributed by atoms with Gasteiger partial charge in [0.2, 0.25) is 5.91 Å². The van der Waals surface area contributed by atoms with Gasteiger partial charge in [0, 0.05) is 25.0 Å². The molecule has 1 amide bonds. The number of methoxy groups -OCH3 is 1. The predicted octanol–water partition coefficient (Wildman–Crippen LogP) is 0.538. The largest absolute Gasteiger partial charge is 0.468 e. The lowest BCUT2D eigenvalue weighted by Gasteiger charge is -2.33. The van der Waals surface area contributed by atoms with Crippen LogP contribution in [0, 0.1) is 5.92 Å². The van der Waals surface area contributed by atoms with E-state index < -0.39 is 0 Å². The lowest BCUT2D eigenvalue weighted by molar-refractivity contribution is -0.143. The van der Waals surface area contributed by atoms with Crippen LogP contribution in [0.25, 0.3) is 0 Å². The highest BCUT2D eigenvalue weighted by Crippen LogP contribution is 2.31. The molecule has 0 radical (unpaired) electrons. The first kappa shape index (κ1) is 13.3. The van der Waals surface area contributed by atoms with Gasteiger partial charge in [-0.25, -0.2) is 0 Å². The summed E-state index contributed by atoms with van der Waals surface area (Å²) in [5.74, 6) is 0.407. The van der Waals surface area contributed by atoms with Crippen LogP contribution in [0.5, 0.6) is 0 Å². The molecule has 0 bridgehead atoms. The molecule has 1 saturated carbocycles. The lowest BCUT2D eigenvalue weighted by atomic mass is 10.0. The molecule has 18 heavy (non-hydrogen) atoms. The fraction of sp³-hybridized carbons (Fsp3) is 0.846. The molecule has 2 rings (SSSR count). The van der Waals surface area contributed by atoms with Crippen LogP contribution in [0.15, 0.2) is 0 Å². The molecule has 1 unspecified atom stereocenters. The number of esters is 1. The number of piperidine rings is 1. The molecule has 0 aromatic carbocycles. The second kappa shape index (κ2) is 5.69. The maximum absolute atomic E-state index is 11.9. The van der Waals surface area contributed by atoms with E-state index in [2.05, 4.69) is 10.1 Å². The van der Waals surface area contributed by atoms with Crippen molar-refractivity contribution in [3.8, 4) is 0 Å². The number of likely N-dealkylation sites (tertiary alicyclic amines) is 1. The van der Waals surface area contributed by atoms with Crippen LogP contribution in [0.1, 0.15) is 32.6 Å². The normalized spacial score (nSPS) is 22.7. The van der Waals surface area contributed by atoms with E-state index >= 15 is 0 Å². The molecule has 102 valence electrons. The van der Waals surface area contributed by atoms with Crippen molar-refractivity contribution in [2.45, 2.75) is 44.7 Å². The number of nitrogens with one attached hydrogen (secondary N) is 1. The van der Waals surface area contributed by atoms with E-state index in [1.54, 1.807) is 0 Å². The van der Waals surface area contributed by atoms with Gasteiger partial charge in [-0.2, -0.15) is 0 Å². The van der Waals surface area contributed by atoms with E-state index in [4.69, 9.17) is 0 Å². The Hall–Kier alpha value is -1.10. The minimum atomic E-state index is -0.273. The summed E-state index contributed by atoms with van der Waals surface area (Å²) in [7, 11) is 1.40. The van der Waals surface area contributed by atoms with Gasteiger partial charge in [0.15, 0.2) is 0 Å². The van der Waals surface area contributed by atoms with Gasteiger partial charge >= 0.3 is 5.97 Å². The summed E-state index contributed by atoms with van der Waals surface area (Å²) in [6, 6.07) is 0.0352. The molecule has 1 aliphatic heterocycles. The minimum Gasteiger partial charge on any atom is -0.468 e. The predicted molar refractivity (Wildman–Crippen MR) is 66.9 cm³/mol. The van der Waals surface area contributed by atoms with Gasteiger partial charge in [-0.1, -0.05) is 0 Å². The zero-order valence-corrected chi connectivity index (χ0v) is 11.1. The highest BCUT2D eigenvalue weighted by atomic mass is 16.5. The molecule has 2 fully saturated rings. The van der Waals surface area contributed by atoms with Crippen molar-refractivity contribution in [3.63, 3.8) is 0 Å². The van der Waals surface area contributed by atoms with E-state index in [9.17, 15) is 9.59 Å². The number of amides is 1. The molecular weight excluding hydrogens is 232 g/mol. The van der Waals surface area contributed by atoms with Gasteiger partial charge in [-0.15, -0.1) is 0 Å². The van der Waals surface area contributed by atoms with Crippen LogP contribution in [0.2, 0.25) is 0 Å². The van der Waals surface area contributed by atoms with Gasteiger partial charge in [0.05, 0.1) is 7.11 Å². The van der Waals surface area contributed by atoms with Gasteiger partial charge < -0.3 is 15.0 Å². The zero-order valence-electron chi connectivity index (χ0n) is 11.1. The molecule has 0 spiro atoms. The Balaban J connectivity index is 1.72. The first-order chi connectivity index (χ1) is 8.61. The van der Waals surface area contributed by atoms with Crippen molar-refractivity contribution >= 4 is 11.9 Å². The van der Waals surface area contributed by atoms with Crippen molar-refractivity contribution in [2.75, 3.05) is 20.2 Å². The highest BCUT2D eigenvalue weighted by molar-refractivity contribution is 5.81. The number of ether oxygens (including phenoxy) is 1. The fourth-order valence-electron chi connectivity index (χ4n) is 2.45. The van der Waals surface area contributed by atoms with Crippen LogP contribution in [-0.2, 0) is 14.3 Å². The smallest absolute Gasteiger partial charge is 0.322 e. The second-order valence-corrected chi connectivity index (χ2v) is 5.29. The summed E-state index contributed by atoms with van der Waals surface area (Å²) < 4.78 is 4.69. The molecule has 1 saturated heterocycles. The number of rotatable bonds is 4. The van der Waals surface area contributed by atoms with E-state index in [0.717, 1.165) is 38.8 Å². The maximum Gasteiger partial charge on any atom is 0.322 e. The summed E-state index contributed by atoms with van der Waals surface area (Å²) in [6.07, 6.45) is 3.96. The van der Waals surface area contributed by atoms with Crippen molar-refractivity contribution < 1.29 is 14.3 Å². The van der Waals surface area contributed by atoms with E-state index in [-0.39, 0.29) is 12.0 Å². The average molecular weight is 254 g/mol. The summed E-state index contributed by atoms with van der Waals surface area (Å²) in [5, 5.41) is 3.26. The van der Waals surface area contributed by atoms with Crippen LogP contribution < -0.4 is 5.32 Å². The zero-order chi connectivity index (χ0) is 13.1. The van der Waals surface area contributed by atoms with Gasteiger partial charge in [0.1, 0.15) is 6.04 Å². The Morgan fingerprint density at radius 3 is 2.33 bits per heavy atom. The molecule has 5 nitrogen and oxygen atoms in total. The molecular formula is C13H22N2O3. The highest BCUT2D eigenvalue weighted by Gasteiger charge is 2.35. The number of carbonyl (C=O) groups excluding carboxylic acids is 2. The number of carbonyl (C=O) groups is 2. The quantitative estimate of drug-likeness (QED) is 0.744. The van der Waals surface area contributed by atoms with Crippen molar-refractivity contribution in [2.24, 2.45) is 5.92 Å². The van der Waals surface area contributed by atoms with E-state index in [1.807, 2.05) is 11.8 Å². The SMILES string of the molecule is COC(=O)C(C)NC1CCN(C(=O)C2CC2)CC1. The first-order valence-electron chi connectivity index (χ1n) is 6.74. The Morgan fingerprint density at radius 2 is 1.83 bits per heavy atom. The van der Waals surface area contributed by atoms with Crippen LogP contribution >= 0.6 is 0 Å². The molecule has 0 aromatic heterocycles. The number of hydrogen-bond acceptors (Lipinski definition) is 4. The third-order valence-corrected chi connectivity index (χ3v) is 3.77. The van der Waals surface area contributed by atoms with Crippen LogP contribution in [-0.4, -0.2) is 49.1 Å². The molecule has 2 aliphatic rings. The molecule has 1 N–H and O–H groups in total. The Bertz CT molecular complexity index is 320. The minimum absolute atomic E-state index is 0.230. The molecule has 1 aliphatic carbocycles. The summed E-state index contributed by atoms with van der Waals surface area (Å²) >= 11 is 0. The fourth-order valence-corrected chi connectivity index (χ4v) is 2.45. The maximum atomic E-state index is 11.9.